The number of aromatic nitrogens is 2. The lowest BCUT2D eigenvalue weighted by Crippen LogP contribution is -2.36. The van der Waals surface area contributed by atoms with Crippen LogP contribution in [0.3, 0.4) is 0 Å². The van der Waals surface area contributed by atoms with Crippen molar-refractivity contribution in [1.82, 2.24) is 14.1 Å². The third-order valence-electron chi connectivity index (χ3n) is 5.79. The fourth-order valence-corrected chi connectivity index (χ4v) is 5.92. The third kappa shape index (κ3) is 4.20. The van der Waals surface area contributed by atoms with E-state index in [1.165, 1.54) is 12.8 Å². The van der Waals surface area contributed by atoms with Crippen molar-refractivity contribution in [2.75, 3.05) is 0 Å². The van der Waals surface area contributed by atoms with Gasteiger partial charge in [-0.05, 0) is 32.3 Å². The normalized spacial score (nSPS) is 15.3. The summed E-state index contributed by atoms with van der Waals surface area (Å²) in [7, 11) is -3.74. The van der Waals surface area contributed by atoms with Gasteiger partial charge in [0, 0.05) is 24.3 Å². The highest BCUT2D eigenvalue weighted by atomic mass is 32.2. The van der Waals surface area contributed by atoms with Crippen LogP contribution in [-0.2, 0) is 16.6 Å². The van der Waals surface area contributed by atoms with Crippen molar-refractivity contribution in [1.29, 1.82) is 0 Å². The van der Waals surface area contributed by atoms with Gasteiger partial charge in [-0.2, -0.15) is 9.40 Å². The molecule has 5 nitrogen and oxygen atoms in total. The Morgan fingerprint density at radius 3 is 2.20 bits per heavy atom. The van der Waals surface area contributed by atoms with E-state index < -0.39 is 10.0 Å². The molecule has 0 aliphatic heterocycles. The molecule has 30 heavy (non-hydrogen) atoms. The minimum Gasteiger partial charge on any atom is -0.268 e. The summed E-state index contributed by atoms with van der Waals surface area (Å²) in [6.07, 6.45) is 6.19. The highest BCUT2D eigenvalue weighted by Crippen LogP contribution is 2.35. The summed E-state index contributed by atoms with van der Waals surface area (Å²) in [4.78, 5) is 0.297. The molecule has 6 heteroatoms. The second-order valence-electron chi connectivity index (χ2n) is 8.26. The van der Waals surface area contributed by atoms with Gasteiger partial charge in [-0.25, -0.2) is 8.42 Å². The van der Waals surface area contributed by atoms with Crippen LogP contribution in [0.1, 0.15) is 51.1 Å². The molecule has 1 aliphatic carbocycles. The number of hydrogen-bond donors (Lipinski definition) is 0. The molecular weight excluding hydrogens is 394 g/mol. The Morgan fingerprint density at radius 1 is 1.00 bits per heavy atom. The van der Waals surface area contributed by atoms with Crippen molar-refractivity contribution in [2.45, 2.75) is 63.1 Å². The largest absolute Gasteiger partial charge is 0.268 e. The Labute approximate surface area is 179 Å². The zero-order valence-corrected chi connectivity index (χ0v) is 18.4. The summed E-state index contributed by atoms with van der Waals surface area (Å²) < 4.78 is 31.2. The maximum atomic E-state index is 13.9. The summed E-state index contributed by atoms with van der Waals surface area (Å²) in [5.74, 6) is 0. The minimum absolute atomic E-state index is 0.173. The predicted molar refractivity (Wildman–Crippen MR) is 119 cm³/mol. The average Bonchev–Trinajstić information content (AvgIpc) is 3.43. The van der Waals surface area contributed by atoms with Crippen LogP contribution >= 0.6 is 0 Å². The van der Waals surface area contributed by atoms with Gasteiger partial charge in [0.05, 0.1) is 6.04 Å². The van der Waals surface area contributed by atoms with Gasteiger partial charge in [0.15, 0.2) is 0 Å². The van der Waals surface area contributed by atoms with Gasteiger partial charge in [-0.1, -0.05) is 73.5 Å². The number of nitrogens with zero attached hydrogens (tertiary/aromatic N) is 3. The lowest BCUT2D eigenvalue weighted by atomic mass is 10.2. The maximum Gasteiger partial charge on any atom is 0.247 e. The highest BCUT2D eigenvalue weighted by molar-refractivity contribution is 7.89. The van der Waals surface area contributed by atoms with E-state index >= 15 is 0 Å². The quantitative estimate of drug-likeness (QED) is 0.520. The fraction of sp³-hybridized carbons (Fsp3) is 0.375. The third-order valence-corrected chi connectivity index (χ3v) is 7.81. The molecule has 0 N–H and O–H groups in total. The molecule has 4 rings (SSSR count). The van der Waals surface area contributed by atoms with Crippen LogP contribution in [0.25, 0.3) is 11.3 Å². The Morgan fingerprint density at radius 2 is 1.60 bits per heavy atom. The standard InChI is InChI=1S/C24H29N3O2S/c1-19(2)27(17-20-11-5-3-6-12-20)30(28,29)23-18-26(22-15-9-10-16-22)25-24(23)21-13-7-4-8-14-21/h3-8,11-14,18-19,22H,9-10,15-17H2,1-2H3. The van der Waals surface area contributed by atoms with Crippen molar-refractivity contribution < 1.29 is 8.42 Å². The molecule has 0 spiro atoms. The Bertz CT molecular complexity index is 1070. The number of benzene rings is 2. The van der Waals surface area contributed by atoms with E-state index in [1.807, 2.05) is 79.2 Å². The van der Waals surface area contributed by atoms with Crippen LogP contribution in [0.2, 0.25) is 0 Å². The summed E-state index contributed by atoms with van der Waals surface area (Å²) in [6, 6.07) is 19.5. The second kappa shape index (κ2) is 8.74. The van der Waals surface area contributed by atoms with Crippen LogP contribution < -0.4 is 0 Å². The molecule has 0 radical (unpaired) electrons. The fourth-order valence-electron chi connectivity index (χ4n) is 4.15. The zero-order valence-electron chi connectivity index (χ0n) is 17.6. The van der Waals surface area contributed by atoms with E-state index in [9.17, 15) is 8.42 Å². The molecular formula is C24H29N3O2S. The molecule has 1 heterocycles. The topological polar surface area (TPSA) is 55.2 Å². The van der Waals surface area contributed by atoms with E-state index in [4.69, 9.17) is 5.10 Å². The van der Waals surface area contributed by atoms with Gasteiger partial charge < -0.3 is 0 Å². The molecule has 1 saturated carbocycles. The van der Waals surface area contributed by atoms with Crippen molar-refractivity contribution in [3.05, 3.63) is 72.4 Å². The molecule has 1 aliphatic rings. The second-order valence-corrected chi connectivity index (χ2v) is 10.1. The van der Waals surface area contributed by atoms with E-state index in [1.54, 1.807) is 10.5 Å². The molecule has 158 valence electrons. The first kappa shape index (κ1) is 20.8. The van der Waals surface area contributed by atoms with E-state index in [2.05, 4.69) is 0 Å². The van der Waals surface area contributed by atoms with E-state index in [0.717, 1.165) is 24.0 Å². The van der Waals surface area contributed by atoms with Crippen molar-refractivity contribution in [3.63, 3.8) is 0 Å². The predicted octanol–water partition coefficient (Wildman–Crippen LogP) is 5.26. The first-order valence-corrected chi connectivity index (χ1v) is 12.1. The SMILES string of the molecule is CC(C)N(Cc1ccccc1)S(=O)(=O)c1cn(C2CCCC2)nc1-c1ccccc1. The minimum atomic E-state index is -3.74. The van der Waals surface area contributed by atoms with Gasteiger partial charge in [0.25, 0.3) is 0 Å². The van der Waals surface area contributed by atoms with Crippen molar-refractivity contribution >= 4 is 10.0 Å². The number of sulfonamides is 1. The maximum absolute atomic E-state index is 13.9. The molecule has 0 saturated heterocycles. The summed E-state index contributed by atoms with van der Waals surface area (Å²) in [5, 5.41) is 4.79. The molecule has 0 amide bonds. The number of rotatable bonds is 7. The highest BCUT2D eigenvalue weighted by Gasteiger charge is 2.33. The lowest BCUT2D eigenvalue weighted by molar-refractivity contribution is 0.348. The summed E-state index contributed by atoms with van der Waals surface area (Å²) >= 11 is 0. The van der Waals surface area contributed by atoms with Gasteiger partial charge in [-0.15, -0.1) is 0 Å². The molecule has 3 aromatic rings. The van der Waals surface area contributed by atoms with Crippen molar-refractivity contribution in [2.24, 2.45) is 0 Å². The van der Waals surface area contributed by atoms with Gasteiger partial charge in [-0.3, -0.25) is 4.68 Å². The van der Waals surface area contributed by atoms with Crippen molar-refractivity contribution in [3.8, 4) is 11.3 Å². The Hall–Kier alpha value is -2.44. The first-order valence-electron chi connectivity index (χ1n) is 10.7. The van der Waals surface area contributed by atoms with Gasteiger partial charge in [0.1, 0.15) is 10.6 Å². The molecule has 0 atom stereocenters. The van der Waals surface area contributed by atoms with Crippen LogP contribution in [-0.4, -0.2) is 28.5 Å². The molecule has 0 unspecified atom stereocenters. The zero-order chi connectivity index (χ0) is 21.1. The van der Waals surface area contributed by atoms with Crippen LogP contribution in [0.5, 0.6) is 0 Å². The smallest absolute Gasteiger partial charge is 0.247 e. The number of hydrogen-bond acceptors (Lipinski definition) is 3. The van der Waals surface area contributed by atoms with Gasteiger partial charge in [0.2, 0.25) is 10.0 Å². The van der Waals surface area contributed by atoms with E-state index in [-0.39, 0.29) is 12.1 Å². The monoisotopic (exact) mass is 423 g/mol. The molecule has 1 fully saturated rings. The Kier molecular flexibility index (Phi) is 6.06. The molecule has 2 aromatic carbocycles. The van der Waals surface area contributed by atoms with Crippen LogP contribution in [0.4, 0.5) is 0 Å². The first-order chi connectivity index (χ1) is 14.5. The molecule has 1 aromatic heterocycles. The molecule has 0 bridgehead atoms. The lowest BCUT2D eigenvalue weighted by Gasteiger charge is -2.26. The van der Waals surface area contributed by atoms with Crippen LogP contribution in [0, 0.1) is 0 Å². The van der Waals surface area contributed by atoms with E-state index in [0.29, 0.717) is 17.1 Å². The summed E-state index contributed by atoms with van der Waals surface area (Å²) in [5.41, 5.74) is 2.34. The van der Waals surface area contributed by atoms with Crippen LogP contribution in [0.15, 0.2) is 71.8 Å². The van der Waals surface area contributed by atoms with Gasteiger partial charge >= 0.3 is 0 Å². The Balaban J connectivity index is 1.79. The average molecular weight is 424 g/mol. The summed E-state index contributed by atoms with van der Waals surface area (Å²) in [6.45, 7) is 4.18.